The summed E-state index contributed by atoms with van der Waals surface area (Å²) in [6.45, 7) is 3.49. The van der Waals surface area contributed by atoms with Gasteiger partial charge in [0, 0.05) is 13.0 Å². The molecule has 0 radical (unpaired) electrons. The normalized spacial score (nSPS) is 25.4. The first-order valence-corrected chi connectivity index (χ1v) is 10.6. The fraction of sp³-hybridized carbons (Fsp3) is 0.696. The van der Waals surface area contributed by atoms with E-state index < -0.39 is 0 Å². The Morgan fingerprint density at radius 3 is 2.36 bits per heavy atom. The zero-order chi connectivity index (χ0) is 17.1. The maximum Gasteiger partial charge on any atom is 0.143 e. The van der Waals surface area contributed by atoms with Crippen molar-refractivity contribution in [2.45, 2.75) is 76.0 Å². The summed E-state index contributed by atoms with van der Waals surface area (Å²) in [7, 11) is 0. The van der Waals surface area contributed by atoms with E-state index in [-0.39, 0.29) is 5.41 Å². The number of aryl methyl sites for hydroxylation is 1. The van der Waals surface area contributed by atoms with Crippen LogP contribution in [0.3, 0.4) is 0 Å². The Labute approximate surface area is 153 Å². The van der Waals surface area contributed by atoms with Gasteiger partial charge >= 0.3 is 0 Å². The molecule has 136 valence electrons. The summed E-state index contributed by atoms with van der Waals surface area (Å²) < 4.78 is 0. The molecule has 2 heteroatoms. The highest BCUT2D eigenvalue weighted by Gasteiger charge is 2.45. The van der Waals surface area contributed by atoms with E-state index in [9.17, 15) is 4.79 Å². The van der Waals surface area contributed by atoms with Gasteiger partial charge in [0.15, 0.2) is 0 Å². The Bertz CT molecular complexity index is 592. The van der Waals surface area contributed by atoms with Gasteiger partial charge in [0.1, 0.15) is 5.78 Å². The Morgan fingerprint density at radius 2 is 1.60 bits per heavy atom. The van der Waals surface area contributed by atoms with Crippen molar-refractivity contribution in [1.29, 1.82) is 0 Å². The maximum absolute atomic E-state index is 12.9. The molecule has 0 unspecified atom stereocenters. The average molecular weight is 340 g/mol. The van der Waals surface area contributed by atoms with Crippen molar-refractivity contribution in [3.05, 3.63) is 35.4 Å². The molecule has 0 amide bonds. The van der Waals surface area contributed by atoms with Crippen LogP contribution in [-0.2, 0) is 16.6 Å². The third-order valence-electron chi connectivity index (χ3n) is 7.14. The molecule has 1 saturated heterocycles. The number of hydrogen-bond donors (Lipinski definition) is 0. The number of ketones is 1. The lowest BCUT2D eigenvalue weighted by atomic mass is 9.64. The van der Waals surface area contributed by atoms with Crippen molar-refractivity contribution in [1.82, 2.24) is 4.90 Å². The molecule has 0 atom stereocenters. The highest BCUT2D eigenvalue weighted by molar-refractivity contribution is 5.92. The van der Waals surface area contributed by atoms with Crippen LogP contribution in [0.2, 0.25) is 0 Å². The summed E-state index contributed by atoms with van der Waals surface area (Å²) in [5.41, 5.74) is 2.62. The number of Topliss-reactive ketones (excluding diaryl/α,β-unsaturated/α-hetero) is 1. The second-order valence-electron chi connectivity index (χ2n) is 8.67. The minimum absolute atomic E-state index is 0.160. The van der Waals surface area contributed by atoms with Gasteiger partial charge < -0.3 is 4.90 Å². The van der Waals surface area contributed by atoms with Gasteiger partial charge in [-0.1, -0.05) is 56.4 Å². The first-order chi connectivity index (χ1) is 12.3. The van der Waals surface area contributed by atoms with Crippen molar-refractivity contribution in [2.75, 3.05) is 19.6 Å². The number of rotatable bonds is 2. The van der Waals surface area contributed by atoms with Gasteiger partial charge in [-0.3, -0.25) is 4.79 Å². The highest BCUT2D eigenvalue weighted by Crippen LogP contribution is 2.42. The first-order valence-electron chi connectivity index (χ1n) is 10.6. The predicted molar refractivity (Wildman–Crippen MR) is 103 cm³/mol. The summed E-state index contributed by atoms with van der Waals surface area (Å²) in [4.78, 5) is 15.6. The number of carbonyl (C=O) groups excluding carboxylic acids is 1. The van der Waals surface area contributed by atoms with Crippen LogP contribution in [0.15, 0.2) is 24.3 Å². The fourth-order valence-corrected chi connectivity index (χ4v) is 5.60. The molecule has 1 saturated carbocycles. The van der Waals surface area contributed by atoms with Gasteiger partial charge in [-0.2, -0.15) is 0 Å². The van der Waals surface area contributed by atoms with E-state index in [2.05, 4.69) is 29.2 Å². The van der Waals surface area contributed by atoms with Crippen molar-refractivity contribution >= 4 is 5.78 Å². The summed E-state index contributed by atoms with van der Waals surface area (Å²) in [5, 5.41) is 0. The largest absolute Gasteiger partial charge is 0.303 e. The smallest absolute Gasteiger partial charge is 0.143 e. The predicted octanol–water partition coefficient (Wildman–Crippen LogP) is 4.90. The topological polar surface area (TPSA) is 20.3 Å². The van der Waals surface area contributed by atoms with Gasteiger partial charge in [0.2, 0.25) is 0 Å². The Morgan fingerprint density at radius 1 is 0.920 bits per heavy atom. The van der Waals surface area contributed by atoms with Crippen molar-refractivity contribution in [3.63, 3.8) is 0 Å². The lowest BCUT2D eigenvalue weighted by molar-refractivity contribution is -0.127. The van der Waals surface area contributed by atoms with Crippen LogP contribution >= 0.6 is 0 Å². The van der Waals surface area contributed by atoms with Gasteiger partial charge in [-0.25, -0.2) is 0 Å². The van der Waals surface area contributed by atoms with Crippen LogP contribution in [0.1, 0.15) is 75.3 Å². The number of likely N-dealkylation sites (tertiary alicyclic amines) is 1. The molecule has 2 nitrogen and oxygen atoms in total. The second kappa shape index (κ2) is 7.61. The summed E-state index contributed by atoms with van der Waals surface area (Å²) in [6.07, 6.45) is 13.8. The Hall–Kier alpha value is -1.15. The van der Waals surface area contributed by atoms with E-state index in [0.29, 0.717) is 5.78 Å². The number of fused-ring (bicyclic) bond motifs is 2. The van der Waals surface area contributed by atoms with Crippen molar-refractivity contribution in [3.8, 4) is 0 Å². The van der Waals surface area contributed by atoms with Crippen molar-refractivity contribution in [2.24, 2.45) is 5.92 Å². The molecule has 1 aromatic rings. The lowest BCUT2D eigenvalue weighted by Gasteiger charge is -2.45. The molecular weight excluding hydrogens is 306 g/mol. The standard InChI is InChI=1S/C23H33NO/c25-22-13-12-20-10-6-7-11-21(20)23(22)14-16-24(17-15-23)18-19-8-4-2-1-3-5-9-19/h6-7,10-11,19H,1-5,8-9,12-18H2. The van der Waals surface area contributed by atoms with Gasteiger partial charge in [0.05, 0.1) is 5.41 Å². The van der Waals surface area contributed by atoms with E-state index >= 15 is 0 Å². The molecule has 4 rings (SSSR count). The lowest BCUT2D eigenvalue weighted by Crippen LogP contribution is -2.50. The van der Waals surface area contributed by atoms with Crippen LogP contribution < -0.4 is 0 Å². The minimum Gasteiger partial charge on any atom is -0.303 e. The van der Waals surface area contributed by atoms with Crippen LogP contribution in [0.5, 0.6) is 0 Å². The molecule has 0 aromatic heterocycles. The number of piperidine rings is 1. The Kier molecular flexibility index (Phi) is 5.26. The summed E-state index contributed by atoms with van der Waals surface area (Å²) in [5.74, 6) is 1.40. The molecule has 1 aromatic carbocycles. The number of benzene rings is 1. The third kappa shape index (κ3) is 3.56. The quantitative estimate of drug-likeness (QED) is 0.764. The van der Waals surface area contributed by atoms with Crippen molar-refractivity contribution < 1.29 is 4.79 Å². The molecule has 1 spiro atoms. The van der Waals surface area contributed by atoms with Gasteiger partial charge in [-0.15, -0.1) is 0 Å². The monoisotopic (exact) mass is 339 g/mol. The molecular formula is C23H33NO. The third-order valence-corrected chi connectivity index (χ3v) is 7.14. The number of carbonyl (C=O) groups is 1. The first kappa shape index (κ1) is 17.3. The molecule has 2 aliphatic carbocycles. The number of hydrogen-bond acceptors (Lipinski definition) is 2. The zero-order valence-electron chi connectivity index (χ0n) is 15.6. The molecule has 2 fully saturated rings. The summed E-state index contributed by atoms with van der Waals surface area (Å²) >= 11 is 0. The van der Waals surface area contributed by atoms with Gasteiger partial charge in [-0.05, 0) is 62.2 Å². The second-order valence-corrected chi connectivity index (χ2v) is 8.67. The molecule has 25 heavy (non-hydrogen) atoms. The molecule has 1 heterocycles. The SMILES string of the molecule is O=C1CCc2ccccc2C12CCN(CC1CCCCCCC1)CC2. The minimum atomic E-state index is -0.160. The van der Waals surface area contributed by atoms with Crippen LogP contribution in [0.25, 0.3) is 0 Å². The van der Waals surface area contributed by atoms with Crippen LogP contribution in [0.4, 0.5) is 0 Å². The summed E-state index contributed by atoms with van der Waals surface area (Å²) in [6, 6.07) is 8.73. The zero-order valence-corrected chi connectivity index (χ0v) is 15.6. The number of nitrogens with zero attached hydrogens (tertiary/aromatic N) is 1. The molecule has 3 aliphatic rings. The molecule has 0 bridgehead atoms. The van der Waals surface area contributed by atoms with E-state index in [0.717, 1.165) is 44.7 Å². The van der Waals surface area contributed by atoms with E-state index in [1.54, 1.807) is 0 Å². The molecule has 0 N–H and O–H groups in total. The van der Waals surface area contributed by atoms with E-state index in [4.69, 9.17) is 0 Å². The maximum atomic E-state index is 12.9. The average Bonchev–Trinajstić information content (AvgIpc) is 2.62. The highest BCUT2D eigenvalue weighted by atomic mass is 16.1. The van der Waals surface area contributed by atoms with E-state index in [1.807, 2.05) is 0 Å². The Balaban J connectivity index is 1.41. The fourth-order valence-electron chi connectivity index (χ4n) is 5.60. The molecule has 1 aliphatic heterocycles. The van der Waals surface area contributed by atoms with Crippen LogP contribution in [0, 0.1) is 5.92 Å². The van der Waals surface area contributed by atoms with Gasteiger partial charge in [0.25, 0.3) is 0 Å². The van der Waals surface area contributed by atoms with Crippen LogP contribution in [-0.4, -0.2) is 30.3 Å². The van der Waals surface area contributed by atoms with E-state index in [1.165, 1.54) is 62.6 Å².